The summed E-state index contributed by atoms with van der Waals surface area (Å²) < 4.78 is 126. The van der Waals surface area contributed by atoms with Gasteiger partial charge < -0.3 is 16.2 Å². The fourth-order valence-corrected chi connectivity index (χ4v) is 5.44. The first kappa shape index (κ1) is 32.1. The van der Waals surface area contributed by atoms with E-state index in [1.165, 1.54) is 6.92 Å². The van der Waals surface area contributed by atoms with E-state index in [9.17, 15) is 47.9 Å². The maximum absolute atomic E-state index is 14.6. The molecule has 0 saturated carbocycles. The summed E-state index contributed by atoms with van der Waals surface area (Å²) in [6, 6.07) is 7.25. The Morgan fingerprint density at radius 1 is 0.857 bits per heavy atom. The molecule has 7 N–H and O–H groups in total. The average Bonchev–Trinajstić information content (AvgIpc) is 2.84. The van der Waals surface area contributed by atoms with Gasteiger partial charge in [0.05, 0.1) is 20.4 Å². The van der Waals surface area contributed by atoms with Crippen molar-refractivity contribution in [2.45, 2.75) is 21.6 Å². The third kappa shape index (κ3) is 8.07. The maximum atomic E-state index is 14.6. The van der Waals surface area contributed by atoms with Crippen LogP contribution in [0.1, 0.15) is 12.5 Å². The minimum absolute atomic E-state index is 0.0276. The van der Waals surface area contributed by atoms with Crippen molar-refractivity contribution in [1.82, 2.24) is 0 Å². The van der Waals surface area contributed by atoms with Gasteiger partial charge in [-0.3, -0.25) is 18.6 Å². The highest BCUT2D eigenvalue weighted by Gasteiger charge is 2.22. The van der Waals surface area contributed by atoms with Crippen molar-refractivity contribution in [3.63, 3.8) is 0 Å². The van der Waals surface area contributed by atoms with Crippen molar-refractivity contribution in [2.24, 2.45) is 16.5 Å². The van der Waals surface area contributed by atoms with Crippen LogP contribution >= 0.6 is 0 Å². The minimum Gasteiger partial charge on any atom is -0.451 e. The van der Waals surface area contributed by atoms with E-state index in [0.717, 1.165) is 42.5 Å². The average molecular weight is 647 g/mol. The fourth-order valence-electron chi connectivity index (χ4n) is 3.22. The Labute approximate surface area is 237 Å². The van der Waals surface area contributed by atoms with E-state index >= 15 is 0 Å². The SMILES string of the molecule is C/C(=C\c1cc(F)c(Oc2ccc(S(=O)(=O)Nc3cc(S(=O)(=O)O)cc(S(=O)(=O)O)c3)cc2)c(F)c1)C(=O)N=C(N)N. The number of halogens is 2. The largest absolute Gasteiger partial charge is 0.451 e. The second-order valence-electron chi connectivity index (χ2n) is 8.31. The molecule has 0 bridgehead atoms. The lowest BCUT2D eigenvalue weighted by Gasteiger charge is -2.12. The zero-order chi connectivity index (χ0) is 31.6. The molecule has 42 heavy (non-hydrogen) atoms. The number of carbonyl (C=O) groups excluding carboxylic acids is 1. The highest BCUT2D eigenvalue weighted by Crippen LogP contribution is 2.31. The zero-order valence-corrected chi connectivity index (χ0v) is 23.5. The number of nitrogens with one attached hydrogen (secondary N) is 1. The molecule has 0 heterocycles. The molecule has 0 radical (unpaired) electrons. The molecule has 1 amide bonds. The molecule has 19 heteroatoms. The summed E-state index contributed by atoms with van der Waals surface area (Å²) >= 11 is 0. The third-order valence-corrected chi connectivity index (χ3v) is 8.11. The van der Waals surface area contributed by atoms with Crippen LogP contribution in [0.2, 0.25) is 0 Å². The number of benzene rings is 3. The zero-order valence-electron chi connectivity index (χ0n) is 21.0. The van der Waals surface area contributed by atoms with Crippen molar-refractivity contribution in [1.29, 1.82) is 0 Å². The molecule has 0 aliphatic carbocycles. The van der Waals surface area contributed by atoms with E-state index in [2.05, 4.69) is 4.99 Å². The maximum Gasteiger partial charge on any atom is 0.294 e. The molecule has 0 atom stereocenters. The molecule has 0 unspecified atom stereocenters. The molecule has 3 aromatic carbocycles. The number of hydrogen-bond acceptors (Lipinski definition) is 8. The van der Waals surface area contributed by atoms with Crippen LogP contribution in [0.4, 0.5) is 14.5 Å². The molecular weight excluding hydrogens is 626 g/mol. The number of nitrogens with two attached hydrogens (primary N) is 2. The van der Waals surface area contributed by atoms with Crippen LogP contribution in [0.15, 0.2) is 79.8 Å². The van der Waals surface area contributed by atoms with Crippen LogP contribution in [0.25, 0.3) is 6.08 Å². The first-order valence-electron chi connectivity index (χ1n) is 11.0. The molecule has 0 spiro atoms. The Kier molecular flexibility index (Phi) is 9.03. The number of ether oxygens (including phenoxy) is 1. The first-order chi connectivity index (χ1) is 19.3. The lowest BCUT2D eigenvalue weighted by atomic mass is 10.1. The minimum atomic E-state index is -5.01. The monoisotopic (exact) mass is 646 g/mol. The number of anilines is 1. The van der Waals surface area contributed by atoms with Gasteiger partial charge in [0.25, 0.3) is 36.2 Å². The van der Waals surface area contributed by atoms with E-state index in [1.807, 2.05) is 4.72 Å². The van der Waals surface area contributed by atoms with Gasteiger partial charge >= 0.3 is 0 Å². The van der Waals surface area contributed by atoms with E-state index in [1.54, 1.807) is 0 Å². The Hall–Kier alpha value is -4.43. The van der Waals surface area contributed by atoms with Crippen LogP contribution < -0.4 is 20.9 Å². The Morgan fingerprint density at radius 3 is 1.81 bits per heavy atom. The summed E-state index contributed by atoms with van der Waals surface area (Å²) in [4.78, 5) is 12.6. The third-order valence-electron chi connectivity index (χ3n) is 5.05. The quantitative estimate of drug-likeness (QED) is 0.0972. The Bertz CT molecular complexity index is 1880. The van der Waals surface area contributed by atoms with Gasteiger partial charge in [0.1, 0.15) is 5.75 Å². The number of rotatable bonds is 9. The second kappa shape index (κ2) is 11.8. The number of amides is 1. The van der Waals surface area contributed by atoms with Crippen molar-refractivity contribution in [3.05, 3.63) is 77.4 Å². The van der Waals surface area contributed by atoms with Gasteiger partial charge in [-0.05, 0) is 73.2 Å². The Balaban J connectivity index is 1.86. The van der Waals surface area contributed by atoms with Gasteiger partial charge in [0, 0.05) is 5.57 Å². The first-order valence-corrected chi connectivity index (χ1v) is 15.3. The molecule has 3 aromatic rings. The highest BCUT2D eigenvalue weighted by molar-refractivity contribution is 7.92. The molecule has 3 rings (SSSR count). The predicted octanol–water partition coefficient (Wildman–Crippen LogP) is 2.25. The smallest absolute Gasteiger partial charge is 0.294 e. The van der Waals surface area contributed by atoms with E-state index < -0.39 is 79.9 Å². The summed E-state index contributed by atoms with van der Waals surface area (Å²) in [5, 5.41) is 0. The molecule has 0 aliphatic rings. The summed E-state index contributed by atoms with van der Waals surface area (Å²) in [7, 11) is -14.6. The number of nitrogens with zero attached hydrogens (tertiary/aromatic N) is 1. The lowest BCUT2D eigenvalue weighted by molar-refractivity contribution is -0.114. The molecule has 224 valence electrons. The summed E-state index contributed by atoms with van der Waals surface area (Å²) in [6.45, 7) is 1.32. The van der Waals surface area contributed by atoms with E-state index in [-0.39, 0.29) is 16.9 Å². The van der Waals surface area contributed by atoms with Crippen LogP contribution in [-0.4, -0.2) is 46.2 Å². The van der Waals surface area contributed by atoms with Crippen LogP contribution in [0.5, 0.6) is 11.5 Å². The van der Waals surface area contributed by atoms with Gasteiger partial charge in [-0.2, -0.15) is 21.8 Å². The molecule has 0 fully saturated rings. The second-order valence-corrected chi connectivity index (χ2v) is 12.8. The summed E-state index contributed by atoms with van der Waals surface area (Å²) in [5.41, 5.74) is 9.51. The van der Waals surface area contributed by atoms with Crippen molar-refractivity contribution < 1.29 is 52.7 Å². The number of sulfonamides is 1. The highest BCUT2D eigenvalue weighted by atomic mass is 32.2. The predicted molar refractivity (Wildman–Crippen MR) is 144 cm³/mol. The van der Waals surface area contributed by atoms with Crippen molar-refractivity contribution >= 4 is 53.9 Å². The molecule has 0 aliphatic heterocycles. The van der Waals surface area contributed by atoms with Crippen LogP contribution in [-0.2, 0) is 35.1 Å². The lowest BCUT2D eigenvalue weighted by Crippen LogP contribution is -2.24. The van der Waals surface area contributed by atoms with Gasteiger partial charge in [-0.1, -0.05) is 0 Å². The fraction of sp³-hybridized carbons (Fsp3) is 0.0435. The topological polar surface area (TPSA) is 246 Å². The summed E-state index contributed by atoms with van der Waals surface area (Å²) in [6.07, 6.45) is 1.13. The number of carbonyl (C=O) groups is 1. The standard InChI is InChI=1S/C23H20F2N4O10S3/c1-12(22(30)28-23(26)27)6-13-7-19(24)21(20(25)8-13)39-15-2-4-16(5-3-15)40(31,32)29-14-9-17(41(33,34)35)11-18(10-14)42(36,37)38/h2-11,29H,1H3,(H,33,34,35)(H,36,37,38)(H4,26,27,28,30)/b12-6+. The summed E-state index contributed by atoms with van der Waals surface area (Å²) in [5.74, 6) is -4.73. The van der Waals surface area contributed by atoms with Crippen molar-refractivity contribution in [2.75, 3.05) is 4.72 Å². The van der Waals surface area contributed by atoms with Gasteiger partial charge in [-0.15, -0.1) is 0 Å². The Morgan fingerprint density at radius 2 is 1.36 bits per heavy atom. The number of guanidine groups is 1. The van der Waals surface area contributed by atoms with Crippen molar-refractivity contribution in [3.8, 4) is 11.5 Å². The normalized spacial score (nSPS) is 12.5. The molecule has 0 saturated heterocycles. The molecular formula is C23H20F2N4O10S3. The van der Waals surface area contributed by atoms with Gasteiger partial charge in [0.15, 0.2) is 23.3 Å². The van der Waals surface area contributed by atoms with E-state index in [0.29, 0.717) is 18.2 Å². The molecule has 0 aromatic heterocycles. The van der Waals surface area contributed by atoms with Gasteiger partial charge in [0.2, 0.25) is 0 Å². The van der Waals surface area contributed by atoms with Gasteiger partial charge in [-0.25, -0.2) is 17.2 Å². The molecule has 14 nitrogen and oxygen atoms in total. The van der Waals surface area contributed by atoms with Crippen LogP contribution in [0, 0.1) is 11.6 Å². The number of hydrogen-bond donors (Lipinski definition) is 5. The van der Waals surface area contributed by atoms with E-state index in [4.69, 9.17) is 16.2 Å². The number of aliphatic imine (C=N–C) groups is 1. The van der Waals surface area contributed by atoms with Crippen LogP contribution in [0.3, 0.4) is 0 Å².